The van der Waals surface area contributed by atoms with Gasteiger partial charge in [0.05, 0.1) is 6.04 Å². The second-order valence-electron chi connectivity index (χ2n) is 8.90. The van der Waals surface area contributed by atoms with Crippen molar-refractivity contribution in [3.8, 4) is 0 Å². The van der Waals surface area contributed by atoms with Gasteiger partial charge >= 0.3 is 12.1 Å². The molecule has 2 atom stereocenters. The predicted octanol–water partition coefficient (Wildman–Crippen LogP) is 2.61. The molecule has 1 aliphatic heterocycles. The summed E-state index contributed by atoms with van der Waals surface area (Å²) in [4.78, 5) is 33.2. The molecule has 4 N–H and O–H groups in total. The second-order valence-corrected chi connectivity index (χ2v) is 9.88. The smallest absolute Gasteiger partial charge is 0.475 e. The molecule has 184 valence electrons. The minimum Gasteiger partial charge on any atom is -0.475 e. The van der Waals surface area contributed by atoms with E-state index in [4.69, 9.17) is 9.90 Å². The normalized spacial score (nSPS) is 19.2. The third-order valence-electron chi connectivity index (χ3n) is 4.77. The van der Waals surface area contributed by atoms with Crippen LogP contribution in [0.2, 0.25) is 0 Å². The molecular formula is C20H28F3N5O4S. The Hall–Kier alpha value is -2.54. The van der Waals surface area contributed by atoms with Crippen molar-refractivity contribution < 1.29 is 32.7 Å². The summed E-state index contributed by atoms with van der Waals surface area (Å²) >= 11 is 1.38. The lowest BCUT2D eigenvalue weighted by Crippen LogP contribution is -2.54. The topological polar surface area (TPSA) is 133 Å². The average Bonchev–Trinajstić information content (AvgIpc) is 3.31. The van der Waals surface area contributed by atoms with Crippen LogP contribution < -0.4 is 16.0 Å². The average molecular weight is 492 g/mol. The van der Waals surface area contributed by atoms with E-state index in [0.29, 0.717) is 11.0 Å². The zero-order valence-corrected chi connectivity index (χ0v) is 19.3. The van der Waals surface area contributed by atoms with Crippen LogP contribution in [0.15, 0.2) is 12.2 Å². The highest BCUT2D eigenvalue weighted by atomic mass is 32.1. The van der Waals surface area contributed by atoms with Gasteiger partial charge in [-0.25, -0.2) is 4.79 Å². The highest BCUT2D eigenvalue weighted by molar-refractivity contribution is 7.15. The van der Waals surface area contributed by atoms with E-state index in [2.05, 4.69) is 46.9 Å². The Labute approximate surface area is 193 Å². The summed E-state index contributed by atoms with van der Waals surface area (Å²) in [6.45, 7) is 7.06. The van der Waals surface area contributed by atoms with Gasteiger partial charge in [-0.05, 0) is 25.3 Å². The summed E-state index contributed by atoms with van der Waals surface area (Å²) in [5.74, 6) is -2.34. The molecule has 2 amide bonds. The van der Waals surface area contributed by atoms with Crippen LogP contribution in [-0.2, 0) is 19.8 Å². The highest BCUT2D eigenvalue weighted by Crippen LogP contribution is 2.34. The van der Waals surface area contributed by atoms with Crippen molar-refractivity contribution >= 4 is 34.3 Å². The second kappa shape index (κ2) is 11.1. The maximum atomic E-state index is 12.2. The Bertz CT molecular complexity index is 874. The van der Waals surface area contributed by atoms with Gasteiger partial charge in [0, 0.05) is 17.5 Å². The number of carboxylic acids is 1. The molecule has 1 saturated heterocycles. The summed E-state index contributed by atoms with van der Waals surface area (Å²) in [6, 6.07) is -0.196. The number of aromatic nitrogens is 2. The summed E-state index contributed by atoms with van der Waals surface area (Å²) in [5, 5.41) is 25.5. The molecule has 33 heavy (non-hydrogen) atoms. The molecule has 13 heteroatoms. The number of halogens is 3. The Balaban J connectivity index is 0.000000479. The van der Waals surface area contributed by atoms with Gasteiger partial charge in [0.1, 0.15) is 5.01 Å². The zero-order chi connectivity index (χ0) is 24.8. The van der Waals surface area contributed by atoms with Gasteiger partial charge in [0.15, 0.2) is 0 Å². The van der Waals surface area contributed by atoms with Gasteiger partial charge in [-0.15, -0.1) is 10.2 Å². The number of amides is 2. The first-order valence-electron chi connectivity index (χ1n) is 10.4. The Morgan fingerprint density at radius 2 is 1.82 bits per heavy atom. The lowest BCUT2D eigenvalue weighted by molar-refractivity contribution is -0.192. The van der Waals surface area contributed by atoms with Crippen LogP contribution in [0, 0.1) is 5.92 Å². The first-order valence-corrected chi connectivity index (χ1v) is 11.2. The number of rotatable bonds is 7. The van der Waals surface area contributed by atoms with Crippen molar-refractivity contribution in [1.29, 1.82) is 0 Å². The molecule has 9 nitrogen and oxygen atoms in total. The summed E-state index contributed by atoms with van der Waals surface area (Å²) in [5.41, 5.74) is -0.0916. The number of nitrogens with one attached hydrogen (secondary N) is 3. The number of hydrogen-bond donors (Lipinski definition) is 4. The standard InChI is InChI=1S/C18H27N5O2S.C2HF3O2/c1-18(2,3)16-22-23-17(26-16)21-14(24)7-6-12(10-11-4-5-11)20-15(25)13-8-9-19-13;3-2(4,5)1(6)7/h6-7,11-13,19H,4-5,8-10H2,1-3H3,(H,20,25)(H,21,23,24);(H,6,7)/b7-6+;/t12-,13+;/m1./s1. The van der Waals surface area contributed by atoms with E-state index in [1.807, 2.05) is 0 Å². The molecule has 2 fully saturated rings. The fraction of sp³-hybridized carbons (Fsp3) is 0.650. The summed E-state index contributed by atoms with van der Waals surface area (Å²) in [6.07, 6.45) is 2.35. The number of carbonyl (C=O) groups is 3. The molecule has 1 aromatic rings. The number of anilines is 1. The van der Waals surface area contributed by atoms with Crippen LogP contribution >= 0.6 is 11.3 Å². The van der Waals surface area contributed by atoms with E-state index in [-0.39, 0.29) is 29.3 Å². The first kappa shape index (κ1) is 26.7. The van der Waals surface area contributed by atoms with Gasteiger partial charge in [-0.1, -0.05) is 51.0 Å². The Morgan fingerprint density at radius 3 is 2.24 bits per heavy atom. The van der Waals surface area contributed by atoms with E-state index in [9.17, 15) is 22.8 Å². The largest absolute Gasteiger partial charge is 0.490 e. The number of hydrogen-bond acceptors (Lipinski definition) is 7. The minimum atomic E-state index is -5.08. The number of alkyl halides is 3. The van der Waals surface area contributed by atoms with E-state index < -0.39 is 12.1 Å². The van der Waals surface area contributed by atoms with E-state index in [0.717, 1.165) is 24.4 Å². The lowest BCUT2D eigenvalue weighted by atomic mass is 9.98. The number of carboxylic acid groups (broad SMARTS) is 1. The van der Waals surface area contributed by atoms with Crippen molar-refractivity contribution in [3.63, 3.8) is 0 Å². The van der Waals surface area contributed by atoms with E-state index in [1.165, 1.54) is 30.3 Å². The Kier molecular flexibility index (Phi) is 8.95. The monoisotopic (exact) mass is 491 g/mol. The van der Waals surface area contributed by atoms with Gasteiger partial charge in [-0.2, -0.15) is 13.2 Å². The molecular weight excluding hydrogens is 463 g/mol. The third-order valence-corrected chi connectivity index (χ3v) is 6.04. The van der Waals surface area contributed by atoms with Crippen molar-refractivity contribution in [2.75, 3.05) is 11.9 Å². The maximum absolute atomic E-state index is 12.2. The van der Waals surface area contributed by atoms with Gasteiger partial charge in [-0.3, -0.25) is 14.9 Å². The molecule has 1 aliphatic carbocycles. The highest BCUT2D eigenvalue weighted by Gasteiger charge is 2.38. The van der Waals surface area contributed by atoms with E-state index >= 15 is 0 Å². The first-order chi connectivity index (χ1) is 15.3. The van der Waals surface area contributed by atoms with Crippen LogP contribution in [0.1, 0.15) is 51.5 Å². The fourth-order valence-corrected chi connectivity index (χ4v) is 3.43. The van der Waals surface area contributed by atoms with Crippen molar-refractivity contribution in [2.24, 2.45) is 5.92 Å². The zero-order valence-electron chi connectivity index (χ0n) is 18.5. The van der Waals surface area contributed by atoms with Crippen LogP contribution in [-0.4, -0.2) is 57.9 Å². The molecule has 2 heterocycles. The number of nitrogens with zero attached hydrogens (tertiary/aromatic N) is 2. The lowest BCUT2D eigenvalue weighted by Gasteiger charge is -2.28. The predicted molar refractivity (Wildman–Crippen MR) is 116 cm³/mol. The fourth-order valence-electron chi connectivity index (χ4n) is 2.62. The van der Waals surface area contributed by atoms with Gasteiger partial charge in [0.25, 0.3) is 0 Å². The van der Waals surface area contributed by atoms with Gasteiger partial charge in [0.2, 0.25) is 16.9 Å². The molecule has 1 saturated carbocycles. The number of aliphatic carboxylic acids is 1. The minimum absolute atomic E-state index is 0.0194. The maximum Gasteiger partial charge on any atom is 0.490 e. The van der Waals surface area contributed by atoms with Crippen molar-refractivity contribution in [3.05, 3.63) is 17.2 Å². The van der Waals surface area contributed by atoms with Crippen LogP contribution in [0.5, 0.6) is 0 Å². The summed E-state index contributed by atoms with van der Waals surface area (Å²) < 4.78 is 31.7. The summed E-state index contributed by atoms with van der Waals surface area (Å²) in [7, 11) is 0. The van der Waals surface area contributed by atoms with Gasteiger partial charge < -0.3 is 15.7 Å². The van der Waals surface area contributed by atoms with Crippen molar-refractivity contribution in [2.45, 2.75) is 70.1 Å². The molecule has 3 rings (SSSR count). The quantitative estimate of drug-likeness (QED) is 0.431. The molecule has 0 aromatic carbocycles. The molecule has 0 radical (unpaired) electrons. The van der Waals surface area contributed by atoms with Crippen molar-refractivity contribution in [1.82, 2.24) is 20.8 Å². The molecule has 2 aliphatic rings. The number of carbonyl (C=O) groups excluding carboxylic acids is 2. The van der Waals surface area contributed by atoms with Crippen LogP contribution in [0.3, 0.4) is 0 Å². The molecule has 1 aromatic heterocycles. The van der Waals surface area contributed by atoms with Crippen LogP contribution in [0.25, 0.3) is 0 Å². The molecule has 0 unspecified atom stereocenters. The third kappa shape index (κ3) is 9.46. The van der Waals surface area contributed by atoms with E-state index in [1.54, 1.807) is 6.08 Å². The Morgan fingerprint density at radius 1 is 1.21 bits per heavy atom. The van der Waals surface area contributed by atoms with Crippen LogP contribution in [0.4, 0.5) is 18.3 Å². The molecule has 0 spiro atoms. The molecule has 0 bridgehead atoms. The SMILES string of the molecule is CC(C)(C)c1nnc(NC(=O)/C=C/[C@H](CC2CC2)NC(=O)[C@@H]2CCN2)s1.O=C(O)C(F)(F)F.